The lowest BCUT2D eigenvalue weighted by atomic mass is 10.0. The predicted molar refractivity (Wildman–Crippen MR) is 74.5 cm³/mol. The molecule has 2 N–H and O–H groups in total. The summed E-state index contributed by atoms with van der Waals surface area (Å²) in [4.78, 5) is 0. The number of rotatable bonds is 3. The zero-order chi connectivity index (χ0) is 13.2. The lowest BCUT2D eigenvalue weighted by Crippen LogP contribution is -2.27. The highest BCUT2D eigenvalue weighted by Crippen LogP contribution is 2.37. The second-order valence-electron chi connectivity index (χ2n) is 4.75. The summed E-state index contributed by atoms with van der Waals surface area (Å²) < 4.78 is 5.65. The molecule has 0 spiro atoms. The van der Waals surface area contributed by atoms with Gasteiger partial charge in [-0.3, -0.25) is 5.10 Å². The summed E-state index contributed by atoms with van der Waals surface area (Å²) in [6, 6.07) is 6.17. The predicted octanol–water partition coefficient (Wildman–Crippen LogP) is 2.98. The highest BCUT2D eigenvalue weighted by molar-refractivity contribution is 6.32. The number of fused-ring (bicyclic) bond motifs is 1. The first-order chi connectivity index (χ1) is 9.25. The number of aryl methyl sites for hydroxylation is 1. The maximum atomic E-state index is 6.16. The van der Waals surface area contributed by atoms with Gasteiger partial charge in [-0.25, -0.2) is 0 Å². The van der Waals surface area contributed by atoms with Crippen molar-refractivity contribution in [2.45, 2.75) is 25.9 Å². The number of benzene rings is 1. The molecule has 0 fully saturated rings. The summed E-state index contributed by atoms with van der Waals surface area (Å²) in [7, 11) is 0. The molecule has 1 unspecified atom stereocenters. The van der Waals surface area contributed by atoms with Gasteiger partial charge in [0.2, 0.25) is 0 Å². The van der Waals surface area contributed by atoms with Crippen LogP contribution in [0.15, 0.2) is 24.4 Å². The third-order valence-electron chi connectivity index (χ3n) is 3.50. The highest BCUT2D eigenvalue weighted by Gasteiger charge is 2.22. The molecule has 19 heavy (non-hydrogen) atoms. The minimum atomic E-state index is 0.275. The molecule has 1 aliphatic rings. The first kappa shape index (κ1) is 12.5. The third-order valence-corrected chi connectivity index (χ3v) is 3.80. The molecule has 2 aromatic rings. The summed E-state index contributed by atoms with van der Waals surface area (Å²) in [5.74, 6) is 0.817. The number of hydrogen-bond acceptors (Lipinski definition) is 3. The Hall–Kier alpha value is -1.52. The molecule has 0 radical (unpaired) electrons. The van der Waals surface area contributed by atoms with Gasteiger partial charge < -0.3 is 10.1 Å². The van der Waals surface area contributed by atoms with Crippen LogP contribution in [0.4, 0.5) is 0 Å². The molecule has 1 aromatic heterocycles. The van der Waals surface area contributed by atoms with Gasteiger partial charge in [0.1, 0.15) is 5.75 Å². The Balaban J connectivity index is 1.77. The van der Waals surface area contributed by atoms with Gasteiger partial charge in [0.05, 0.1) is 17.8 Å². The number of halogens is 1. The molecule has 5 heteroatoms. The van der Waals surface area contributed by atoms with Gasteiger partial charge in [0.25, 0.3) is 0 Å². The number of H-pyrrole nitrogens is 1. The van der Waals surface area contributed by atoms with Crippen molar-refractivity contribution in [3.05, 3.63) is 46.2 Å². The number of para-hydroxylation sites is 1. The average Bonchev–Trinajstić information content (AvgIpc) is 2.82. The van der Waals surface area contributed by atoms with Crippen molar-refractivity contribution in [1.82, 2.24) is 15.5 Å². The summed E-state index contributed by atoms with van der Waals surface area (Å²) in [6.45, 7) is 3.51. The summed E-state index contributed by atoms with van der Waals surface area (Å²) in [6.07, 6.45) is 2.81. The first-order valence-electron chi connectivity index (χ1n) is 6.39. The number of nitrogens with zero attached hydrogens (tertiary/aromatic N) is 1. The fourth-order valence-electron chi connectivity index (χ4n) is 2.39. The maximum absolute atomic E-state index is 6.16. The Labute approximate surface area is 117 Å². The molecule has 1 aliphatic heterocycles. The number of nitrogens with one attached hydrogen (secondary N) is 2. The van der Waals surface area contributed by atoms with Gasteiger partial charge in [-0.15, -0.1) is 0 Å². The molecule has 100 valence electrons. The number of hydrogen-bond donors (Lipinski definition) is 2. The number of ether oxygens (including phenoxy) is 1. The first-order valence-corrected chi connectivity index (χ1v) is 6.77. The van der Waals surface area contributed by atoms with E-state index in [1.165, 1.54) is 5.56 Å². The smallest absolute Gasteiger partial charge is 0.142 e. The highest BCUT2D eigenvalue weighted by atomic mass is 35.5. The van der Waals surface area contributed by atoms with Crippen LogP contribution in [0.5, 0.6) is 5.75 Å². The van der Waals surface area contributed by atoms with Crippen molar-refractivity contribution in [2.75, 3.05) is 6.61 Å². The van der Waals surface area contributed by atoms with E-state index in [1.54, 1.807) is 0 Å². The summed E-state index contributed by atoms with van der Waals surface area (Å²) >= 11 is 6.16. The summed E-state index contributed by atoms with van der Waals surface area (Å²) in [5.41, 5.74) is 3.43. The Morgan fingerprint density at radius 3 is 3.21 bits per heavy atom. The monoisotopic (exact) mass is 277 g/mol. The fraction of sp³-hybridized carbons (Fsp3) is 0.357. The standard InChI is InChI=1S/C14H16ClN3O/c1-9-10(8-17-18-9)7-16-13-5-6-19-14-11(13)3-2-4-12(14)15/h2-4,8,13,16H,5-7H2,1H3,(H,17,18). The molecule has 0 saturated heterocycles. The van der Waals surface area contributed by atoms with E-state index in [1.807, 2.05) is 25.3 Å². The van der Waals surface area contributed by atoms with Crippen LogP contribution in [-0.4, -0.2) is 16.8 Å². The quantitative estimate of drug-likeness (QED) is 0.907. The Bertz CT molecular complexity index is 582. The molecule has 1 atom stereocenters. The van der Waals surface area contributed by atoms with Crippen LogP contribution in [-0.2, 0) is 6.54 Å². The zero-order valence-corrected chi connectivity index (χ0v) is 11.5. The van der Waals surface area contributed by atoms with E-state index in [9.17, 15) is 0 Å². The van der Waals surface area contributed by atoms with Gasteiger partial charge in [0.15, 0.2) is 0 Å². The summed E-state index contributed by atoms with van der Waals surface area (Å²) in [5, 5.41) is 11.2. The van der Waals surface area contributed by atoms with Crippen LogP contribution in [0.25, 0.3) is 0 Å². The molecule has 2 heterocycles. The molecular formula is C14H16ClN3O. The Kier molecular flexibility index (Phi) is 3.44. The Morgan fingerprint density at radius 1 is 1.53 bits per heavy atom. The van der Waals surface area contributed by atoms with Crippen molar-refractivity contribution in [2.24, 2.45) is 0 Å². The minimum Gasteiger partial charge on any atom is -0.492 e. The molecule has 0 bridgehead atoms. The van der Waals surface area contributed by atoms with Gasteiger partial charge in [-0.2, -0.15) is 5.10 Å². The molecule has 0 saturated carbocycles. The largest absolute Gasteiger partial charge is 0.492 e. The van der Waals surface area contributed by atoms with Crippen LogP contribution in [0, 0.1) is 6.92 Å². The molecule has 1 aromatic carbocycles. The zero-order valence-electron chi connectivity index (χ0n) is 10.7. The minimum absolute atomic E-state index is 0.275. The average molecular weight is 278 g/mol. The van der Waals surface area contributed by atoms with E-state index in [0.717, 1.165) is 30.0 Å². The van der Waals surface area contributed by atoms with E-state index in [0.29, 0.717) is 11.6 Å². The van der Waals surface area contributed by atoms with Crippen LogP contribution < -0.4 is 10.1 Å². The molecule has 0 amide bonds. The molecule has 3 rings (SSSR count). The SMILES string of the molecule is Cc1[nH]ncc1CNC1CCOc2c(Cl)cccc21. The topological polar surface area (TPSA) is 49.9 Å². The lowest BCUT2D eigenvalue weighted by Gasteiger charge is -2.27. The van der Waals surface area contributed by atoms with Crippen molar-refractivity contribution < 1.29 is 4.74 Å². The number of aromatic nitrogens is 2. The third kappa shape index (κ3) is 2.46. The van der Waals surface area contributed by atoms with Crippen LogP contribution in [0.3, 0.4) is 0 Å². The van der Waals surface area contributed by atoms with Gasteiger partial charge in [-0.05, 0) is 13.0 Å². The van der Waals surface area contributed by atoms with Crippen LogP contribution in [0.2, 0.25) is 5.02 Å². The van der Waals surface area contributed by atoms with E-state index >= 15 is 0 Å². The van der Waals surface area contributed by atoms with Crippen molar-refractivity contribution in [3.63, 3.8) is 0 Å². The van der Waals surface area contributed by atoms with Gasteiger partial charge >= 0.3 is 0 Å². The Morgan fingerprint density at radius 2 is 2.42 bits per heavy atom. The van der Waals surface area contributed by atoms with Crippen LogP contribution >= 0.6 is 11.6 Å². The van der Waals surface area contributed by atoms with Gasteiger partial charge in [-0.1, -0.05) is 23.7 Å². The second-order valence-corrected chi connectivity index (χ2v) is 5.16. The fourth-order valence-corrected chi connectivity index (χ4v) is 2.62. The maximum Gasteiger partial charge on any atom is 0.142 e. The van der Waals surface area contributed by atoms with Crippen molar-refractivity contribution >= 4 is 11.6 Å². The second kappa shape index (κ2) is 5.23. The van der Waals surface area contributed by atoms with Crippen molar-refractivity contribution in [1.29, 1.82) is 0 Å². The van der Waals surface area contributed by atoms with E-state index in [4.69, 9.17) is 16.3 Å². The van der Waals surface area contributed by atoms with Crippen molar-refractivity contribution in [3.8, 4) is 5.75 Å². The molecular weight excluding hydrogens is 262 g/mol. The van der Waals surface area contributed by atoms with E-state index in [-0.39, 0.29) is 6.04 Å². The lowest BCUT2D eigenvalue weighted by molar-refractivity contribution is 0.252. The normalized spacial score (nSPS) is 17.9. The van der Waals surface area contributed by atoms with E-state index in [2.05, 4.69) is 21.6 Å². The van der Waals surface area contributed by atoms with E-state index < -0.39 is 0 Å². The van der Waals surface area contributed by atoms with Gasteiger partial charge in [0, 0.05) is 35.8 Å². The van der Waals surface area contributed by atoms with Crippen LogP contribution in [0.1, 0.15) is 29.3 Å². The molecule has 0 aliphatic carbocycles. The molecule has 4 nitrogen and oxygen atoms in total. The number of aromatic amines is 1.